The van der Waals surface area contributed by atoms with Gasteiger partial charge in [-0.05, 0) is 24.3 Å². The van der Waals surface area contributed by atoms with E-state index in [-0.39, 0.29) is 44.2 Å². The minimum absolute atomic E-state index is 0.0235. The van der Waals surface area contributed by atoms with Crippen LogP contribution in [0.1, 0.15) is 12.5 Å². The van der Waals surface area contributed by atoms with Crippen molar-refractivity contribution < 1.29 is 21.6 Å². The lowest BCUT2D eigenvalue weighted by molar-refractivity contribution is -0.137. The van der Waals surface area contributed by atoms with Gasteiger partial charge in [0, 0.05) is 23.8 Å². The maximum atomic E-state index is 12.9. The fourth-order valence-electron chi connectivity index (χ4n) is 2.61. The summed E-state index contributed by atoms with van der Waals surface area (Å²) in [4.78, 5) is 7.85. The summed E-state index contributed by atoms with van der Waals surface area (Å²) in [5.74, 6) is -0.319. The van der Waals surface area contributed by atoms with Gasteiger partial charge in [-0.2, -0.15) is 13.2 Å². The summed E-state index contributed by atoms with van der Waals surface area (Å²) in [6.07, 6.45) is 0.204. The molecule has 2 aromatic rings. The van der Waals surface area contributed by atoms with E-state index in [9.17, 15) is 21.6 Å². The monoisotopic (exact) mass is 445 g/mol. The van der Waals surface area contributed by atoms with E-state index < -0.39 is 21.6 Å². The average molecular weight is 446 g/mol. The standard InChI is InChI=1S/C17H15ClF3N5O2S/c1-3-29(27,28)15(11-7-10(18)4-5-12(11)22)25-16-24-13-6-9(17(19,20)21)8-23-14(13)26(16)2/h4-8,22H,3H2,1-2H3,(H,24,25)/b15-11+,22-12?. The van der Waals surface area contributed by atoms with Gasteiger partial charge < -0.3 is 10.7 Å². The average Bonchev–Trinajstić information content (AvgIpc) is 2.96. The molecule has 0 bridgehead atoms. The maximum Gasteiger partial charge on any atom is 0.417 e. The number of nitrogens with zero attached hydrogens (tertiary/aromatic N) is 3. The Balaban J connectivity index is 2.17. The molecular formula is C17H15ClF3N5O2S. The Bertz CT molecular complexity index is 1210. The van der Waals surface area contributed by atoms with Crippen LogP contribution in [0.25, 0.3) is 11.2 Å². The summed E-state index contributed by atoms with van der Waals surface area (Å²) in [5.41, 5.74) is -0.968. The minimum atomic E-state index is -4.59. The van der Waals surface area contributed by atoms with Crippen LogP contribution >= 0.6 is 11.6 Å². The number of hydrogen-bond acceptors (Lipinski definition) is 6. The fraction of sp³-hybridized carbons (Fsp3) is 0.235. The number of aromatic nitrogens is 3. The van der Waals surface area contributed by atoms with Crippen molar-refractivity contribution >= 4 is 44.3 Å². The van der Waals surface area contributed by atoms with E-state index >= 15 is 0 Å². The molecule has 0 saturated heterocycles. The number of imidazole rings is 1. The number of halogens is 4. The molecule has 1 aliphatic carbocycles. The summed E-state index contributed by atoms with van der Waals surface area (Å²) in [6.45, 7) is 1.43. The van der Waals surface area contributed by atoms with E-state index in [1.165, 1.54) is 36.8 Å². The molecule has 0 aromatic carbocycles. The third-order valence-electron chi connectivity index (χ3n) is 4.18. The van der Waals surface area contributed by atoms with Gasteiger partial charge in [-0.25, -0.2) is 18.4 Å². The van der Waals surface area contributed by atoms with Gasteiger partial charge in [0.2, 0.25) is 5.95 Å². The number of alkyl halides is 3. The molecule has 12 heteroatoms. The highest BCUT2D eigenvalue weighted by Gasteiger charge is 2.32. The van der Waals surface area contributed by atoms with Gasteiger partial charge in [0.25, 0.3) is 0 Å². The zero-order valence-electron chi connectivity index (χ0n) is 15.2. The van der Waals surface area contributed by atoms with Crippen molar-refractivity contribution in [2.24, 2.45) is 7.05 Å². The van der Waals surface area contributed by atoms with Crippen molar-refractivity contribution in [3.8, 4) is 0 Å². The lowest BCUT2D eigenvalue weighted by Gasteiger charge is -2.16. The molecule has 0 fully saturated rings. The van der Waals surface area contributed by atoms with Gasteiger partial charge >= 0.3 is 6.18 Å². The van der Waals surface area contributed by atoms with Crippen molar-refractivity contribution in [1.29, 1.82) is 5.41 Å². The Morgan fingerprint density at radius 2 is 2.03 bits per heavy atom. The third-order valence-corrected chi connectivity index (χ3v) is 6.12. The Morgan fingerprint density at radius 3 is 2.66 bits per heavy atom. The molecule has 3 rings (SSSR count). The van der Waals surface area contributed by atoms with Crippen molar-refractivity contribution in [3.63, 3.8) is 0 Å². The van der Waals surface area contributed by atoms with Crippen molar-refractivity contribution in [2.75, 3.05) is 11.1 Å². The van der Waals surface area contributed by atoms with Crippen LogP contribution in [0.5, 0.6) is 0 Å². The summed E-state index contributed by atoms with van der Waals surface area (Å²) >= 11 is 5.96. The molecule has 0 saturated carbocycles. The minimum Gasteiger partial charge on any atom is -0.316 e. The summed E-state index contributed by atoms with van der Waals surface area (Å²) in [7, 11) is -2.38. The zero-order chi connectivity index (χ0) is 21.6. The van der Waals surface area contributed by atoms with Crippen LogP contribution < -0.4 is 5.32 Å². The molecule has 2 N–H and O–H groups in total. The summed E-state index contributed by atoms with van der Waals surface area (Å²) < 4.78 is 65.4. The molecule has 0 atom stereocenters. The Labute approximate surface area is 169 Å². The van der Waals surface area contributed by atoms with E-state index in [2.05, 4.69) is 15.3 Å². The van der Waals surface area contributed by atoms with Gasteiger partial charge in [-0.3, -0.25) is 4.57 Å². The van der Waals surface area contributed by atoms with Crippen LogP contribution in [-0.4, -0.2) is 34.4 Å². The number of nitrogens with one attached hydrogen (secondary N) is 2. The number of anilines is 1. The van der Waals surface area contributed by atoms with E-state index in [1.807, 2.05) is 0 Å². The fourth-order valence-corrected chi connectivity index (χ4v) is 3.82. The molecule has 154 valence electrons. The first-order valence-electron chi connectivity index (χ1n) is 8.22. The number of pyridine rings is 1. The smallest absolute Gasteiger partial charge is 0.316 e. The Morgan fingerprint density at radius 1 is 1.34 bits per heavy atom. The lowest BCUT2D eigenvalue weighted by atomic mass is 10.1. The first-order chi connectivity index (χ1) is 13.4. The van der Waals surface area contributed by atoms with Crippen molar-refractivity contribution in [3.05, 3.63) is 51.7 Å². The SMILES string of the molecule is CCS(=O)(=O)/C(Nc1nc2cc(C(F)(F)F)cnc2n1C)=C1\C=C(Cl)C=CC1=N. The molecule has 29 heavy (non-hydrogen) atoms. The Kier molecular flexibility index (Phi) is 5.30. The van der Waals surface area contributed by atoms with Gasteiger partial charge in [0.05, 0.1) is 17.0 Å². The maximum absolute atomic E-state index is 12.9. The van der Waals surface area contributed by atoms with Crippen molar-refractivity contribution in [2.45, 2.75) is 13.1 Å². The molecule has 0 amide bonds. The van der Waals surface area contributed by atoms with Crippen LogP contribution in [0, 0.1) is 5.41 Å². The zero-order valence-corrected chi connectivity index (χ0v) is 16.7. The predicted octanol–water partition coefficient (Wildman–Crippen LogP) is 3.76. The topological polar surface area (TPSA) is 101 Å². The number of sulfone groups is 1. The molecule has 0 spiro atoms. The molecule has 0 aliphatic heterocycles. The molecule has 0 unspecified atom stereocenters. The second-order valence-electron chi connectivity index (χ2n) is 6.11. The highest BCUT2D eigenvalue weighted by atomic mass is 35.5. The van der Waals surface area contributed by atoms with E-state index in [0.29, 0.717) is 6.20 Å². The molecular weight excluding hydrogens is 431 g/mol. The van der Waals surface area contributed by atoms with Gasteiger partial charge in [0.1, 0.15) is 10.5 Å². The highest BCUT2D eigenvalue weighted by molar-refractivity contribution is 7.95. The van der Waals surface area contributed by atoms with Gasteiger partial charge in [-0.1, -0.05) is 18.5 Å². The molecule has 0 radical (unpaired) electrons. The summed E-state index contributed by atoms with van der Waals surface area (Å²) in [5, 5.41) is 10.6. The van der Waals surface area contributed by atoms with Crippen molar-refractivity contribution in [1.82, 2.24) is 14.5 Å². The van der Waals surface area contributed by atoms with E-state index in [0.717, 1.165) is 6.07 Å². The normalized spacial score (nSPS) is 16.9. The lowest BCUT2D eigenvalue weighted by Crippen LogP contribution is -2.21. The molecule has 1 aliphatic rings. The van der Waals surface area contributed by atoms with Crippen LogP contribution in [0.3, 0.4) is 0 Å². The largest absolute Gasteiger partial charge is 0.417 e. The molecule has 7 nitrogen and oxygen atoms in total. The highest BCUT2D eigenvalue weighted by Crippen LogP contribution is 2.31. The van der Waals surface area contributed by atoms with Crippen LogP contribution in [0.2, 0.25) is 0 Å². The third kappa shape index (κ3) is 4.06. The van der Waals surface area contributed by atoms with E-state index in [4.69, 9.17) is 17.0 Å². The number of rotatable bonds is 4. The number of allylic oxidation sites excluding steroid dienone is 5. The van der Waals surface area contributed by atoms with Crippen LogP contribution in [-0.2, 0) is 23.1 Å². The first-order valence-corrected chi connectivity index (χ1v) is 10.2. The second kappa shape index (κ2) is 7.30. The first kappa shape index (κ1) is 21.1. The van der Waals surface area contributed by atoms with Crippen LogP contribution in [0.4, 0.5) is 19.1 Å². The molecule has 2 heterocycles. The summed E-state index contributed by atoms with van der Waals surface area (Å²) in [6, 6.07) is 0.830. The Hall–Kier alpha value is -2.66. The second-order valence-corrected chi connectivity index (χ2v) is 8.76. The predicted molar refractivity (Wildman–Crippen MR) is 104 cm³/mol. The number of fused-ring (bicyclic) bond motifs is 1. The van der Waals surface area contributed by atoms with E-state index in [1.54, 1.807) is 0 Å². The van der Waals surface area contributed by atoms with Crippen LogP contribution in [0.15, 0.2) is 46.1 Å². The van der Waals surface area contributed by atoms with Gasteiger partial charge in [0.15, 0.2) is 15.5 Å². The molecule has 2 aromatic heterocycles. The van der Waals surface area contributed by atoms with Gasteiger partial charge in [-0.15, -0.1) is 0 Å². The number of aryl methyl sites for hydroxylation is 1. The quantitative estimate of drug-likeness (QED) is 0.746. The number of hydrogen-bond donors (Lipinski definition) is 2.